The highest BCUT2D eigenvalue weighted by Gasteiger charge is 2.13. The number of rotatable bonds is 8. The Morgan fingerprint density at radius 1 is 1.30 bits per heavy atom. The fourth-order valence-electron chi connectivity index (χ4n) is 2.03. The van der Waals surface area contributed by atoms with Crippen LogP contribution in [-0.4, -0.2) is 44.7 Å². The van der Waals surface area contributed by atoms with Gasteiger partial charge in [0.05, 0.1) is 12.2 Å². The van der Waals surface area contributed by atoms with E-state index in [-0.39, 0.29) is 35.4 Å². The van der Waals surface area contributed by atoms with Crippen LogP contribution >= 0.6 is 24.0 Å². The minimum absolute atomic E-state index is 0. The summed E-state index contributed by atoms with van der Waals surface area (Å²) in [7, 11) is -1.93. The Morgan fingerprint density at radius 3 is 2.67 bits per heavy atom. The number of pyridine rings is 1. The summed E-state index contributed by atoms with van der Waals surface area (Å²) in [6.07, 6.45) is 2.83. The average Bonchev–Trinajstić information content (AvgIpc) is 3.11. The van der Waals surface area contributed by atoms with Gasteiger partial charge in [0.1, 0.15) is 4.90 Å². The monoisotopic (exact) mass is 508 g/mol. The molecule has 3 N–H and O–H groups in total. The topological polar surface area (TPSA) is 122 Å². The Kier molecular flexibility index (Phi) is 9.66. The zero-order valence-electron chi connectivity index (χ0n) is 15.5. The molecule has 0 fully saturated rings. The van der Waals surface area contributed by atoms with Crippen LogP contribution in [0.4, 0.5) is 0 Å². The molecule has 0 aliphatic carbocycles. The summed E-state index contributed by atoms with van der Waals surface area (Å²) in [4.78, 5) is 8.02. The standard InChI is InChI=1S/C16H24N6O3S.HI/c1-12(2)15-9-13(25-22-15)10-20-16(17-3)19-7-8-21-26(23,24)14-5-4-6-18-11-14;/h4-6,9,11-12,21H,7-8,10H2,1-3H3,(H2,17,19,20);1H. The number of halogens is 1. The van der Waals surface area contributed by atoms with Gasteiger partial charge < -0.3 is 15.2 Å². The van der Waals surface area contributed by atoms with Gasteiger partial charge in [-0.05, 0) is 18.1 Å². The molecule has 150 valence electrons. The first-order chi connectivity index (χ1) is 12.4. The van der Waals surface area contributed by atoms with Crippen LogP contribution in [0.2, 0.25) is 0 Å². The zero-order chi connectivity index (χ0) is 19.0. The van der Waals surface area contributed by atoms with Gasteiger partial charge in [-0.15, -0.1) is 24.0 Å². The highest BCUT2D eigenvalue weighted by Crippen LogP contribution is 2.13. The number of hydrogen-bond donors (Lipinski definition) is 3. The van der Waals surface area contributed by atoms with Crippen molar-refractivity contribution in [2.24, 2.45) is 4.99 Å². The van der Waals surface area contributed by atoms with Crippen molar-refractivity contribution < 1.29 is 12.9 Å². The van der Waals surface area contributed by atoms with E-state index in [1.165, 1.54) is 18.5 Å². The third-order valence-electron chi connectivity index (χ3n) is 3.48. The Hall–Kier alpha value is -1.73. The second-order valence-corrected chi connectivity index (χ2v) is 7.58. The molecular weight excluding hydrogens is 483 g/mol. The maximum Gasteiger partial charge on any atom is 0.242 e. The molecule has 0 radical (unpaired) electrons. The number of hydrogen-bond acceptors (Lipinski definition) is 6. The van der Waals surface area contributed by atoms with Crippen molar-refractivity contribution in [3.63, 3.8) is 0 Å². The van der Waals surface area contributed by atoms with E-state index < -0.39 is 10.0 Å². The molecule has 0 amide bonds. The minimum Gasteiger partial charge on any atom is -0.359 e. The summed E-state index contributed by atoms with van der Waals surface area (Å²) >= 11 is 0. The van der Waals surface area contributed by atoms with Gasteiger partial charge in [-0.3, -0.25) is 9.98 Å². The first-order valence-corrected chi connectivity index (χ1v) is 9.70. The molecule has 0 unspecified atom stereocenters. The lowest BCUT2D eigenvalue weighted by atomic mass is 10.1. The summed E-state index contributed by atoms with van der Waals surface area (Å²) in [5.74, 6) is 1.54. The van der Waals surface area contributed by atoms with E-state index in [1.807, 2.05) is 19.9 Å². The number of sulfonamides is 1. The van der Waals surface area contributed by atoms with E-state index >= 15 is 0 Å². The largest absolute Gasteiger partial charge is 0.359 e. The SMILES string of the molecule is CN=C(NCCNS(=O)(=O)c1cccnc1)NCc1cc(C(C)C)no1.I. The molecule has 0 bridgehead atoms. The number of aliphatic imine (C=N–C) groups is 1. The lowest BCUT2D eigenvalue weighted by Gasteiger charge is -2.11. The smallest absolute Gasteiger partial charge is 0.242 e. The molecule has 27 heavy (non-hydrogen) atoms. The van der Waals surface area contributed by atoms with E-state index in [0.717, 1.165) is 5.69 Å². The molecular formula is C16H25IN6O3S. The van der Waals surface area contributed by atoms with Gasteiger partial charge in [-0.2, -0.15) is 0 Å². The van der Waals surface area contributed by atoms with Crippen molar-refractivity contribution in [3.8, 4) is 0 Å². The van der Waals surface area contributed by atoms with Gasteiger partial charge in [-0.25, -0.2) is 13.1 Å². The first-order valence-electron chi connectivity index (χ1n) is 8.22. The molecule has 0 aliphatic heterocycles. The van der Waals surface area contributed by atoms with Gasteiger partial charge in [-0.1, -0.05) is 19.0 Å². The lowest BCUT2D eigenvalue weighted by molar-refractivity contribution is 0.372. The van der Waals surface area contributed by atoms with Crippen molar-refractivity contribution in [2.75, 3.05) is 20.1 Å². The Morgan fingerprint density at radius 2 is 2.07 bits per heavy atom. The molecule has 0 spiro atoms. The quantitative estimate of drug-likeness (QED) is 0.214. The normalized spacial score (nSPS) is 11.9. The maximum absolute atomic E-state index is 12.1. The highest BCUT2D eigenvalue weighted by atomic mass is 127. The lowest BCUT2D eigenvalue weighted by Crippen LogP contribution is -2.41. The second kappa shape index (κ2) is 11.2. The predicted octanol–water partition coefficient (Wildman–Crippen LogP) is 1.45. The minimum atomic E-state index is -3.56. The molecule has 0 saturated heterocycles. The molecule has 0 atom stereocenters. The fraction of sp³-hybridized carbons (Fsp3) is 0.438. The van der Waals surface area contributed by atoms with Crippen LogP contribution in [0.3, 0.4) is 0 Å². The van der Waals surface area contributed by atoms with Crippen LogP contribution in [0.15, 0.2) is 45.0 Å². The van der Waals surface area contributed by atoms with Gasteiger partial charge in [0.2, 0.25) is 10.0 Å². The van der Waals surface area contributed by atoms with E-state index in [4.69, 9.17) is 4.52 Å². The molecule has 2 heterocycles. The summed E-state index contributed by atoms with van der Waals surface area (Å²) in [6.45, 7) is 5.09. The first kappa shape index (κ1) is 23.3. The van der Waals surface area contributed by atoms with Crippen molar-refractivity contribution in [1.29, 1.82) is 0 Å². The average molecular weight is 508 g/mol. The molecule has 2 rings (SSSR count). The van der Waals surface area contributed by atoms with E-state index in [2.05, 4.69) is 30.5 Å². The third-order valence-corrected chi connectivity index (χ3v) is 4.92. The van der Waals surface area contributed by atoms with E-state index in [9.17, 15) is 8.42 Å². The highest BCUT2D eigenvalue weighted by molar-refractivity contribution is 14.0. The van der Waals surface area contributed by atoms with Crippen LogP contribution in [0, 0.1) is 0 Å². The zero-order valence-corrected chi connectivity index (χ0v) is 18.6. The van der Waals surface area contributed by atoms with Crippen molar-refractivity contribution in [2.45, 2.75) is 31.2 Å². The molecule has 0 aliphatic rings. The number of aromatic nitrogens is 2. The van der Waals surface area contributed by atoms with Crippen molar-refractivity contribution >= 4 is 40.0 Å². The van der Waals surface area contributed by atoms with E-state index in [0.29, 0.717) is 30.7 Å². The molecule has 9 nitrogen and oxygen atoms in total. The van der Waals surface area contributed by atoms with Gasteiger partial charge in [0.25, 0.3) is 0 Å². The summed E-state index contributed by atoms with van der Waals surface area (Å²) in [5, 5.41) is 10.1. The van der Waals surface area contributed by atoms with Crippen molar-refractivity contribution in [1.82, 2.24) is 25.5 Å². The summed E-state index contributed by atoms with van der Waals surface area (Å²) < 4.78 is 31.9. The maximum atomic E-state index is 12.1. The van der Waals surface area contributed by atoms with Gasteiger partial charge in [0, 0.05) is 38.6 Å². The molecule has 2 aromatic rings. The molecule has 2 aromatic heterocycles. The van der Waals surface area contributed by atoms with Crippen LogP contribution in [0.5, 0.6) is 0 Å². The molecule has 0 aromatic carbocycles. The third kappa shape index (κ3) is 7.42. The second-order valence-electron chi connectivity index (χ2n) is 5.81. The summed E-state index contributed by atoms with van der Waals surface area (Å²) in [5.41, 5.74) is 0.898. The van der Waals surface area contributed by atoms with Gasteiger partial charge in [0.15, 0.2) is 11.7 Å². The fourth-order valence-corrected chi connectivity index (χ4v) is 3.03. The number of nitrogens with one attached hydrogen (secondary N) is 3. The molecule has 0 saturated carbocycles. The molecule has 11 heteroatoms. The predicted molar refractivity (Wildman–Crippen MR) is 114 cm³/mol. The van der Waals surface area contributed by atoms with Crippen LogP contribution in [0.25, 0.3) is 0 Å². The Balaban J connectivity index is 0.00000364. The Bertz CT molecular complexity index is 824. The van der Waals surface area contributed by atoms with Crippen LogP contribution in [0.1, 0.15) is 31.2 Å². The Labute approximate surface area is 176 Å². The van der Waals surface area contributed by atoms with Crippen LogP contribution < -0.4 is 15.4 Å². The number of guanidine groups is 1. The van der Waals surface area contributed by atoms with Gasteiger partial charge >= 0.3 is 0 Å². The van der Waals surface area contributed by atoms with E-state index in [1.54, 1.807) is 13.1 Å². The summed E-state index contributed by atoms with van der Waals surface area (Å²) in [6, 6.07) is 4.96. The van der Waals surface area contributed by atoms with Crippen molar-refractivity contribution in [3.05, 3.63) is 42.0 Å². The van der Waals surface area contributed by atoms with Crippen LogP contribution in [-0.2, 0) is 16.6 Å². The number of nitrogens with zero attached hydrogens (tertiary/aromatic N) is 3.